The number of azide groups is 1. The van der Waals surface area contributed by atoms with Crippen LogP contribution in [0.1, 0.15) is 10.4 Å². The van der Waals surface area contributed by atoms with Crippen molar-refractivity contribution in [2.75, 3.05) is 12.4 Å². The van der Waals surface area contributed by atoms with Crippen LogP contribution in [0.3, 0.4) is 0 Å². The predicted octanol–water partition coefficient (Wildman–Crippen LogP) is 3.89. The quantitative estimate of drug-likeness (QED) is 0.518. The van der Waals surface area contributed by atoms with E-state index in [9.17, 15) is 4.79 Å². The summed E-state index contributed by atoms with van der Waals surface area (Å²) in [6, 6.07) is 13.8. The fourth-order valence-corrected chi connectivity index (χ4v) is 1.68. The molecule has 0 saturated heterocycles. The van der Waals surface area contributed by atoms with E-state index < -0.39 is 0 Å². The molecule has 0 aromatic heterocycles. The van der Waals surface area contributed by atoms with E-state index in [4.69, 9.17) is 10.3 Å². The van der Waals surface area contributed by atoms with Gasteiger partial charge in [0.05, 0.1) is 12.8 Å². The average Bonchev–Trinajstić information content (AvgIpc) is 2.48. The van der Waals surface area contributed by atoms with Gasteiger partial charge in [0, 0.05) is 16.2 Å². The van der Waals surface area contributed by atoms with E-state index in [2.05, 4.69) is 15.3 Å². The second kappa shape index (κ2) is 6.26. The van der Waals surface area contributed by atoms with Crippen LogP contribution in [0.15, 0.2) is 53.6 Å². The molecule has 0 saturated carbocycles. The van der Waals surface area contributed by atoms with Gasteiger partial charge in [-0.2, -0.15) is 0 Å². The number of hydrogen-bond donors (Lipinski definition) is 1. The summed E-state index contributed by atoms with van der Waals surface area (Å²) in [5.41, 5.74) is 9.86. The number of benzene rings is 2. The van der Waals surface area contributed by atoms with E-state index in [1.54, 1.807) is 24.3 Å². The Bertz CT molecular complexity index is 664. The second-order valence-electron chi connectivity index (χ2n) is 3.90. The zero-order chi connectivity index (χ0) is 14.4. The van der Waals surface area contributed by atoms with Crippen LogP contribution in [0.5, 0.6) is 5.75 Å². The summed E-state index contributed by atoms with van der Waals surface area (Å²) in [4.78, 5) is 14.8. The summed E-state index contributed by atoms with van der Waals surface area (Å²) in [6.07, 6.45) is 0. The fourth-order valence-electron chi connectivity index (χ4n) is 1.68. The SMILES string of the molecule is COc1ccc(C(=O)Nc2ccccc2)cc1N=[N+]=[N-]. The van der Waals surface area contributed by atoms with E-state index in [0.29, 0.717) is 17.0 Å². The van der Waals surface area contributed by atoms with E-state index in [-0.39, 0.29) is 11.6 Å². The molecule has 2 aromatic rings. The van der Waals surface area contributed by atoms with Crippen LogP contribution in [0, 0.1) is 0 Å². The van der Waals surface area contributed by atoms with Crippen molar-refractivity contribution >= 4 is 17.3 Å². The molecule has 0 aliphatic carbocycles. The molecule has 20 heavy (non-hydrogen) atoms. The minimum Gasteiger partial charge on any atom is -0.496 e. The van der Waals surface area contributed by atoms with Crippen LogP contribution in [0.2, 0.25) is 0 Å². The van der Waals surface area contributed by atoms with Gasteiger partial charge in [0.15, 0.2) is 0 Å². The number of nitrogens with one attached hydrogen (secondary N) is 1. The Hall–Kier alpha value is -2.98. The molecule has 0 aliphatic heterocycles. The van der Waals surface area contributed by atoms with Crippen LogP contribution in [0.25, 0.3) is 10.4 Å². The standard InChI is InChI=1S/C14H12N4O2/c1-20-13-8-7-10(9-12(13)17-18-15)14(19)16-11-5-3-2-4-6-11/h2-9H,1H3,(H,16,19). The molecule has 0 aliphatic rings. The van der Waals surface area contributed by atoms with Crippen molar-refractivity contribution in [2.45, 2.75) is 0 Å². The van der Waals surface area contributed by atoms with Gasteiger partial charge in [-0.1, -0.05) is 23.3 Å². The fraction of sp³-hybridized carbons (Fsp3) is 0.0714. The zero-order valence-corrected chi connectivity index (χ0v) is 10.8. The molecule has 1 N–H and O–H groups in total. The van der Waals surface area contributed by atoms with Gasteiger partial charge in [0.1, 0.15) is 5.75 Å². The molecule has 0 spiro atoms. The van der Waals surface area contributed by atoms with Gasteiger partial charge in [-0.05, 0) is 35.9 Å². The summed E-state index contributed by atoms with van der Waals surface area (Å²) in [7, 11) is 1.47. The maximum absolute atomic E-state index is 12.1. The molecular weight excluding hydrogens is 256 g/mol. The number of rotatable bonds is 4. The molecule has 0 radical (unpaired) electrons. The third-order valence-electron chi connectivity index (χ3n) is 2.63. The largest absolute Gasteiger partial charge is 0.496 e. The summed E-state index contributed by atoms with van der Waals surface area (Å²) < 4.78 is 5.05. The zero-order valence-electron chi connectivity index (χ0n) is 10.8. The van der Waals surface area contributed by atoms with Crippen LogP contribution in [0.4, 0.5) is 11.4 Å². The smallest absolute Gasteiger partial charge is 0.255 e. The molecule has 2 rings (SSSR count). The van der Waals surface area contributed by atoms with Gasteiger partial charge in [-0.25, -0.2) is 0 Å². The Morgan fingerprint density at radius 1 is 1.25 bits per heavy atom. The monoisotopic (exact) mass is 268 g/mol. The minimum atomic E-state index is -0.284. The number of hydrogen-bond acceptors (Lipinski definition) is 3. The van der Waals surface area contributed by atoms with Crippen LogP contribution >= 0.6 is 0 Å². The molecule has 6 nitrogen and oxygen atoms in total. The van der Waals surface area contributed by atoms with E-state index in [1.165, 1.54) is 13.2 Å². The maximum atomic E-state index is 12.1. The molecule has 6 heteroatoms. The minimum absolute atomic E-state index is 0.274. The van der Waals surface area contributed by atoms with E-state index >= 15 is 0 Å². The molecule has 0 fully saturated rings. The normalized spacial score (nSPS) is 9.45. The number of amides is 1. The van der Waals surface area contributed by atoms with Gasteiger partial charge in [0.25, 0.3) is 5.91 Å². The van der Waals surface area contributed by atoms with Crippen LogP contribution < -0.4 is 10.1 Å². The summed E-state index contributed by atoms with van der Waals surface area (Å²) >= 11 is 0. The lowest BCUT2D eigenvalue weighted by atomic mass is 10.1. The average molecular weight is 268 g/mol. The van der Waals surface area contributed by atoms with Gasteiger partial charge in [0.2, 0.25) is 0 Å². The van der Waals surface area contributed by atoms with Crippen molar-refractivity contribution in [3.8, 4) is 5.75 Å². The lowest BCUT2D eigenvalue weighted by Crippen LogP contribution is -2.11. The molecule has 0 unspecified atom stereocenters. The molecule has 1 amide bonds. The number of methoxy groups -OCH3 is 1. The van der Waals surface area contributed by atoms with Crippen molar-refractivity contribution in [3.05, 3.63) is 64.5 Å². The first-order chi connectivity index (χ1) is 9.74. The lowest BCUT2D eigenvalue weighted by Gasteiger charge is -2.08. The number of anilines is 1. The third-order valence-corrected chi connectivity index (χ3v) is 2.63. The Kier molecular flexibility index (Phi) is 4.21. The molecule has 0 atom stereocenters. The summed E-state index contributed by atoms with van der Waals surface area (Å²) in [5.74, 6) is 0.132. The van der Waals surface area contributed by atoms with Crippen LogP contribution in [-0.4, -0.2) is 13.0 Å². The second-order valence-corrected chi connectivity index (χ2v) is 3.90. The Morgan fingerprint density at radius 2 is 2.00 bits per heavy atom. The topological polar surface area (TPSA) is 87.1 Å². The van der Waals surface area contributed by atoms with Crippen LogP contribution in [-0.2, 0) is 0 Å². The van der Waals surface area contributed by atoms with Crippen molar-refractivity contribution in [1.29, 1.82) is 0 Å². The van der Waals surface area contributed by atoms with E-state index in [0.717, 1.165) is 0 Å². The summed E-state index contributed by atoms with van der Waals surface area (Å²) in [5, 5.41) is 6.25. The highest BCUT2D eigenvalue weighted by atomic mass is 16.5. The van der Waals surface area contributed by atoms with E-state index in [1.807, 2.05) is 18.2 Å². The Morgan fingerprint density at radius 3 is 2.65 bits per heavy atom. The first kappa shape index (κ1) is 13.5. The number of nitrogens with zero attached hydrogens (tertiary/aromatic N) is 3. The Balaban J connectivity index is 2.26. The third kappa shape index (κ3) is 3.07. The highest BCUT2D eigenvalue weighted by Gasteiger charge is 2.09. The molecule has 0 heterocycles. The number of carbonyl (C=O) groups excluding carboxylic acids is 1. The van der Waals surface area contributed by atoms with Crippen molar-refractivity contribution in [2.24, 2.45) is 5.11 Å². The summed E-state index contributed by atoms with van der Waals surface area (Å²) in [6.45, 7) is 0. The van der Waals surface area contributed by atoms with Gasteiger partial charge < -0.3 is 10.1 Å². The van der Waals surface area contributed by atoms with Crippen molar-refractivity contribution in [3.63, 3.8) is 0 Å². The number of para-hydroxylation sites is 1. The Labute approximate surface area is 115 Å². The van der Waals surface area contributed by atoms with Gasteiger partial charge in [-0.3, -0.25) is 4.79 Å². The molecule has 100 valence electrons. The van der Waals surface area contributed by atoms with Gasteiger partial charge >= 0.3 is 0 Å². The number of carbonyl (C=O) groups is 1. The van der Waals surface area contributed by atoms with Crippen molar-refractivity contribution < 1.29 is 9.53 Å². The molecule has 0 bridgehead atoms. The number of ether oxygens (including phenoxy) is 1. The molecular formula is C14H12N4O2. The first-order valence-electron chi connectivity index (χ1n) is 5.84. The highest BCUT2D eigenvalue weighted by Crippen LogP contribution is 2.28. The van der Waals surface area contributed by atoms with Gasteiger partial charge in [-0.15, -0.1) is 0 Å². The highest BCUT2D eigenvalue weighted by molar-refractivity contribution is 6.04. The maximum Gasteiger partial charge on any atom is 0.255 e. The lowest BCUT2D eigenvalue weighted by molar-refractivity contribution is 0.102. The predicted molar refractivity (Wildman–Crippen MR) is 76.2 cm³/mol. The first-order valence-corrected chi connectivity index (χ1v) is 5.84. The molecule has 2 aromatic carbocycles. The van der Waals surface area contributed by atoms with Crippen molar-refractivity contribution in [1.82, 2.24) is 0 Å².